The van der Waals surface area contributed by atoms with Crippen molar-refractivity contribution in [2.75, 3.05) is 5.75 Å². The van der Waals surface area contributed by atoms with Crippen molar-refractivity contribution in [2.24, 2.45) is 0 Å². The van der Waals surface area contributed by atoms with E-state index in [1.54, 1.807) is 11.5 Å². The lowest BCUT2D eigenvalue weighted by atomic mass is 10.3. The number of para-hydroxylation sites is 1. The molecular formula is C12H12F3N3S. The maximum absolute atomic E-state index is 12.1. The molecule has 3 nitrogen and oxygen atoms in total. The first-order valence-corrected chi connectivity index (χ1v) is 6.63. The van der Waals surface area contributed by atoms with Crippen molar-refractivity contribution in [3.63, 3.8) is 0 Å². The standard InChI is InChI=1S/C12H12F3N3S/c1-9-16-17-11(19-8-7-12(13,14)15)18(9)10-5-3-2-4-6-10/h2-6H,7-8H2,1H3. The van der Waals surface area contributed by atoms with E-state index >= 15 is 0 Å². The lowest BCUT2D eigenvalue weighted by molar-refractivity contribution is -0.129. The van der Waals surface area contributed by atoms with E-state index in [1.165, 1.54) is 0 Å². The smallest absolute Gasteiger partial charge is 0.274 e. The number of alkyl halides is 3. The van der Waals surface area contributed by atoms with E-state index < -0.39 is 12.6 Å². The van der Waals surface area contributed by atoms with E-state index in [4.69, 9.17) is 0 Å². The lowest BCUT2D eigenvalue weighted by Crippen LogP contribution is -2.08. The van der Waals surface area contributed by atoms with E-state index in [1.807, 2.05) is 30.3 Å². The Labute approximate surface area is 112 Å². The Bertz CT molecular complexity index is 537. The number of benzene rings is 1. The Kier molecular flexibility index (Phi) is 4.14. The average molecular weight is 287 g/mol. The van der Waals surface area contributed by atoms with Crippen LogP contribution in [-0.4, -0.2) is 26.7 Å². The summed E-state index contributed by atoms with van der Waals surface area (Å²) in [5.74, 6) is 0.592. The normalized spacial score (nSPS) is 11.8. The van der Waals surface area contributed by atoms with Crippen LogP contribution in [0.25, 0.3) is 5.69 Å². The molecular weight excluding hydrogens is 275 g/mol. The van der Waals surface area contributed by atoms with Crippen molar-refractivity contribution in [1.82, 2.24) is 14.8 Å². The summed E-state index contributed by atoms with van der Waals surface area (Å²) in [7, 11) is 0. The van der Waals surface area contributed by atoms with Gasteiger partial charge < -0.3 is 0 Å². The first-order chi connectivity index (χ1) is 8.97. The van der Waals surface area contributed by atoms with Gasteiger partial charge in [0.2, 0.25) is 0 Å². The minimum Gasteiger partial charge on any atom is -0.274 e. The summed E-state index contributed by atoms with van der Waals surface area (Å²) in [6.07, 6.45) is -4.97. The minimum atomic E-state index is -4.14. The molecule has 1 heterocycles. The Hall–Kier alpha value is -1.50. The molecule has 19 heavy (non-hydrogen) atoms. The molecule has 102 valence electrons. The quantitative estimate of drug-likeness (QED) is 0.805. The number of nitrogens with zero attached hydrogens (tertiary/aromatic N) is 3. The van der Waals surface area contributed by atoms with E-state index in [-0.39, 0.29) is 5.75 Å². The SMILES string of the molecule is Cc1nnc(SCCC(F)(F)F)n1-c1ccccc1. The van der Waals surface area contributed by atoms with Gasteiger partial charge in [-0.1, -0.05) is 30.0 Å². The molecule has 1 aromatic heterocycles. The topological polar surface area (TPSA) is 30.7 Å². The van der Waals surface area contributed by atoms with Gasteiger partial charge in [0.05, 0.1) is 6.42 Å². The van der Waals surface area contributed by atoms with Crippen LogP contribution in [0.4, 0.5) is 13.2 Å². The van der Waals surface area contributed by atoms with Crippen LogP contribution >= 0.6 is 11.8 Å². The van der Waals surface area contributed by atoms with Crippen molar-refractivity contribution >= 4 is 11.8 Å². The zero-order valence-electron chi connectivity index (χ0n) is 10.2. The van der Waals surface area contributed by atoms with Crippen molar-refractivity contribution in [3.8, 4) is 5.69 Å². The highest BCUT2D eigenvalue weighted by atomic mass is 32.2. The molecule has 0 saturated carbocycles. The zero-order chi connectivity index (χ0) is 13.9. The highest BCUT2D eigenvalue weighted by Crippen LogP contribution is 2.27. The van der Waals surface area contributed by atoms with Gasteiger partial charge in [-0.2, -0.15) is 13.2 Å². The second-order valence-electron chi connectivity index (χ2n) is 3.91. The third-order valence-electron chi connectivity index (χ3n) is 2.43. The second-order valence-corrected chi connectivity index (χ2v) is 4.98. The molecule has 2 aromatic rings. The Morgan fingerprint density at radius 1 is 1.16 bits per heavy atom. The van der Waals surface area contributed by atoms with Crippen LogP contribution in [0.2, 0.25) is 0 Å². The zero-order valence-corrected chi connectivity index (χ0v) is 11.0. The van der Waals surface area contributed by atoms with Crippen molar-refractivity contribution in [3.05, 3.63) is 36.2 Å². The summed E-state index contributed by atoms with van der Waals surface area (Å²) in [6.45, 7) is 1.77. The van der Waals surface area contributed by atoms with Gasteiger partial charge in [-0.3, -0.25) is 4.57 Å². The van der Waals surface area contributed by atoms with Gasteiger partial charge in [0.15, 0.2) is 5.16 Å². The van der Waals surface area contributed by atoms with Crippen molar-refractivity contribution in [1.29, 1.82) is 0 Å². The maximum Gasteiger partial charge on any atom is 0.389 e. The second kappa shape index (κ2) is 5.64. The van der Waals surface area contributed by atoms with Gasteiger partial charge in [-0.05, 0) is 19.1 Å². The first kappa shape index (κ1) is 13.9. The molecule has 0 aliphatic heterocycles. The fraction of sp³-hybridized carbons (Fsp3) is 0.333. The van der Waals surface area contributed by atoms with Gasteiger partial charge in [-0.25, -0.2) is 0 Å². The molecule has 0 fully saturated rings. The number of hydrogen-bond acceptors (Lipinski definition) is 3. The van der Waals surface area contributed by atoms with Crippen LogP contribution in [0, 0.1) is 6.92 Å². The van der Waals surface area contributed by atoms with E-state index in [0.29, 0.717) is 11.0 Å². The molecule has 0 spiro atoms. The van der Waals surface area contributed by atoms with Crippen molar-refractivity contribution < 1.29 is 13.2 Å². The molecule has 0 amide bonds. The van der Waals surface area contributed by atoms with Crippen LogP contribution in [-0.2, 0) is 0 Å². The Morgan fingerprint density at radius 2 is 1.84 bits per heavy atom. The molecule has 0 radical (unpaired) electrons. The molecule has 0 aliphatic carbocycles. The van der Waals surface area contributed by atoms with Crippen LogP contribution in [0.1, 0.15) is 12.2 Å². The van der Waals surface area contributed by atoms with Crippen LogP contribution in [0.15, 0.2) is 35.5 Å². The number of halogens is 3. The van der Waals surface area contributed by atoms with Crippen molar-refractivity contribution in [2.45, 2.75) is 24.7 Å². The largest absolute Gasteiger partial charge is 0.389 e. The maximum atomic E-state index is 12.1. The number of rotatable bonds is 4. The summed E-state index contributed by atoms with van der Waals surface area (Å²) in [5, 5.41) is 8.32. The third kappa shape index (κ3) is 3.73. The highest BCUT2D eigenvalue weighted by molar-refractivity contribution is 7.99. The lowest BCUT2D eigenvalue weighted by Gasteiger charge is -2.08. The molecule has 2 rings (SSSR count). The highest BCUT2D eigenvalue weighted by Gasteiger charge is 2.27. The predicted octanol–water partition coefficient (Wildman–Crippen LogP) is 3.62. The Balaban J connectivity index is 2.15. The monoisotopic (exact) mass is 287 g/mol. The van der Waals surface area contributed by atoms with E-state index in [0.717, 1.165) is 17.4 Å². The van der Waals surface area contributed by atoms with Gasteiger partial charge in [0.25, 0.3) is 0 Å². The van der Waals surface area contributed by atoms with Crippen LogP contribution in [0.3, 0.4) is 0 Å². The van der Waals surface area contributed by atoms with E-state index in [2.05, 4.69) is 10.2 Å². The molecule has 7 heteroatoms. The Morgan fingerprint density at radius 3 is 2.47 bits per heavy atom. The summed E-state index contributed by atoms with van der Waals surface area (Å²) in [5.41, 5.74) is 0.847. The molecule has 0 aliphatic rings. The molecule has 0 N–H and O–H groups in total. The van der Waals surface area contributed by atoms with Gasteiger partial charge in [0.1, 0.15) is 5.82 Å². The number of aromatic nitrogens is 3. The van der Waals surface area contributed by atoms with E-state index in [9.17, 15) is 13.2 Å². The van der Waals surface area contributed by atoms with Gasteiger partial charge >= 0.3 is 6.18 Å². The average Bonchev–Trinajstić information content (AvgIpc) is 2.70. The molecule has 0 unspecified atom stereocenters. The molecule has 1 aromatic carbocycles. The third-order valence-corrected chi connectivity index (χ3v) is 3.36. The minimum absolute atomic E-state index is 0.0610. The number of thioether (sulfide) groups is 1. The predicted molar refractivity (Wildman–Crippen MR) is 67.5 cm³/mol. The molecule has 0 atom stereocenters. The fourth-order valence-corrected chi connectivity index (χ4v) is 2.55. The molecule has 0 saturated heterocycles. The molecule has 0 bridgehead atoms. The first-order valence-electron chi connectivity index (χ1n) is 5.64. The van der Waals surface area contributed by atoms with Gasteiger partial charge in [-0.15, -0.1) is 10.2 Å². The summed E-state index contributed by atoms with van der Waals surface area (Å²) in [4.78, 5) is 0. The van der Waals surface area contributed by atoms with Crippen LogP contribution < -0.4 is 0 Å². The number of aryl methyl sites for hydroxylation is 1. The fourth-order valence-electron chi connectivity index (χ4n) is 1.57. The van der Waals surface area contributed by atoms with Crippen LogP contribution in [0.5, 0.6) is 0 Å². The summed E-state index contributed by atoms with van der Waals surface area (Å²) >= 11 is 1.06. The summed E-state index contributed by atoms with van der Waals surface area (Å²) < 4.78 is 38.1. The van der Waals surface area contributed by atoms with Gasteiger partial charge in [0, 0.05) is 11.4 Å². The number of hydrogen-bond donors (Lipinski definition) is 0. The summed E-state index contributed by atoms with van der Waals surface area (Å²) in [6, 6.07) is 9.33.